The van der Waals surface area contributed by atoms with Crippen LogP contribution in [0.3, 0.4) is 0 Å². The molecule has 0 aromatic heterocycles. The quantitative estimate of drug-likeness (QED) is 0.598. The summed E-state index contributed by atoms with van der Waals surface area (Å²) in [5.41, 5.74) is 0. The van der Waals surface area contributed by atoms with Crippen molar-refractivity contribution in [2.24, 2.45) is 0 Å². The fraction of sp³-hybridized carbons (Fsp3) is 0.667. The van der Waals surface area contributed by atoms with Crippen molar-refractivity contribution in [3.63, 3.8) is 0 Å². The van der Waals surface area contributed by atoms with E-state index < -0.39 is 12.1 Å². The van der Waals surface area contributed by atoms with Crippen LogP contribution in [-0.2, 0) is 14.3 Å². The van der Waals surface area contributed by atoms with Crippen LogP contribution >= 0.6 is 12.4 Å². The van der Waals surface area contributed by atoms with Crippen LogP contribution in [0.25, 0.3) is 0 Å². The highest BCUT2D eigenvalue weighted by atomic mass is 35.5. The van der Waals surface area contributed by atoms with Gasteiger partial charge in [0.05, 0.1) is 6.54 Å². The third-order valence-electron chi connectivity index (χ3n) is 1.27. The average Bonchev–Trinajstić information content (AvgIpc) is 2.31. The fourth-order valence-corrected chi connectivity index (χ4v) is 0.712. The Balaban J connectivity index is 0.00000121. The molecule has 0 N–H and O–H groups in total. The molecule has 1 rings (SSSR count). The second kappa shape index (κ2) is 4.82. The molecule has 0 unspecified atom stereocenters. The number of amides is 1. The van der Waals surface area contributed by atoms with E-state index >= 15 is 0 Å². The minimum absolute atomic E-state index is 0. The number of hydrogen-bond donors (Lipinski definition) is 0. The van der Waals surface area contributed by atoms with Crippen LogP contribution in [0.5, 0.6) is 0 Å². The Labute approximate surface area is 76.0 Å². The van der Waals surface area contributed by atoms with Gasteiger partial charge in [-0.15, -0.1) is 12.4 Å². The molecule has 6 heteroatoms. The predicted octanol–water partition coefficient (Wildman–Crippen LogP) is 0.381. The Kier molecular flexibility index (Phi) is 4.43. The van der Waals surface area contributed by atoms with Crippen molar-refractivity contribution in [3.8, 4) is 0 Å². The van der Waals surface area contributed by atoms with Gasteiger partial charge in [0.15, 0.2) is 6.73 Å². The van der Waals surface area contributed by atoms with Crippen LogP contribution in [0.1, 0.15) is 6.92 Å². The highest BCUT2D eigenvalue weighted by Crippen LogP contribution is 2.02. The smallest absolute Gasteiger partial charge is 0.412 e. The first-order chi connectivity index (χ1) is 5.20. The van der Waals surface area contributed by atoms with Gasteiger partial charge in [-0.1, -0.05) is 0 Å². The summed E-state index contributed by atoms with van der Waals surface area (Å²) in [7, 11) is 0. The number of nitrogens with zero attached hydrogens (tertiary/aromatic N) is 1. The maximum atomic E-state index is 10.7. The Morgan fingerprint density at radius 3 is 2.83 bits per heavy atom. The van der Waals surface area contributed by atoms with Gasteiger partial charge >= 0.3 is 12.1 Å². The molecule has 0 radical (unpaired) electrons. The Morgan fingerprint density at radius 2 is 2.42 bits per heavy atom. The lowest BCUT2D eigenvalue weighted by Gasteiger charge is -2.10. The average molecular weight is 196 g/mol. The third-order valence-corrected chi connectivity index (χ3v) is 1.27. The second-order valence-corrected chi connectivity index (χ2v) is 2.14. The fourth-order valence-electron chi connectivity index (χ4n) is 0.712. The maximum Gasteiger partial charge on any atom is 0.412 e. The van der Waals surface area contributed by atoms with Gasteiger partial charge in [0.2, 0.25) is 0 Å². The molecular formula is C6H10ClNO4. The van der Waals surface area contributed by atoms with Gasteiger partial charge in [-0.2, -0.15) is 0 Å². The number of carbonyl (C=O) groups is 2. The summed E-state index contributed by atoms with van der Waals surface area (Å²) < 4.78 is 9.18. The Bertz CT molecular complexity index is 184. The number of carbonyl (C=O) groups excluding carboxylic acids is 2. The Morgan fingerprint density at radius 1 is 1.75 bits per heavy atom. The summed E-state index contributed by atoms with van der Waals surface area (Å²) in [5, 5.41) is 0. The first-order valence-corrected chi connectivity index (χ1v) is 3.25. The van der Waals surface area contributed by atoms with Gasteiger partial charge in [0, 0.05) is 6.92 Å². The molecule has 1 amide bonds. The van der Waals surface area contributed by atoms with Gasteiger partial charge in [-0.3, -0.25) is 9.69 Å². The predicted molar refractivity (Wildman–Crippen MR) is 41.9 cm³/mol. The molecule has 1 fully saturated rings. The summed E-state index contributed by atoms with van der Waals surface area (Å²) in [4.78, 5) is 22.3. The zero-order valence-electron chi connectivity index (χ0n) is 6.61. The zero-order valence-corrected chi connectivity index (χ0v) is 7.43. The Hall–Kier alpha value is -0.970. The normalized spacial score (nSPS) is 15.1. The molecule has 0 spiro atoms. The number of cyclic esters (lactones) is 1. The summed E-state index contributed by atoms with van der Waals surface area (Å²) >= 11 is 0. The lowest BCUT2D eigenvalue weighted by atomic mass is 10.6. The minimum atomic E-state index is -0.425. The van der Waals surface area contributed by atoms with E-state index in [9.17, 15) is 9.59 Å². The standard InChI is InChI=1S/C6H9NO4.ClH/c1-5(8)11-4-7-2-3-10-6(7)9;/h2-4H2,1H3;1H. The molecule has 70 valence electrons. The third kappa shape index (κ3) is 2.96. The monoisotopic (exact) mass is 195 g/mol. The lowest BCUT2D eigenvalue weighted by Crippen LogP contribution is -2.28. The van der Waals surface area contributed by atoms with Crippen molar-refractivity contribution in [1.82, 2.24) is 4.90 Å². The zero-order chi connectivity index (χ0) is 8.27. The van der Waals surface area contributed by atoms with Crippen molar-refractivity contribution in [2.75, 3.05) is 19.9 Å². The number of esters is 1. The molecule has 0 bridgehead atoms. The molecule has 0 aliphatic carbocycles. The van der Waals surface area contributed by atoms with Crippen LogP contribution < -0.4 is 0 Å². The van der Waals surface area contributed by atoms with E-state index in [0.29, 0.717) is 13.2 Å². The molecule has 5 nitrogen and oxygen atoms in total. The number of hydrogen-bond acceptors (Lipinski definition) is 4. The van der Waals surface area contributed by atoms with Crippen LogP contribution in [0.4, 0.5) is 4.79 Å². The first-order valence-electron chi connectivity index (χ1n) is 3.25. The van der Waals surface area contributed by atoms with Gasteiger partial charge in [-0.05, 0) is 0 Å². The largest absolute Gasteiger partial charge is 0.447 e. The van der Waals surface area contributed by atoms with Gasteiger partial charge in [-0.25, -0.2) is 4.79 Å². The van der Waals surface area contributed by atoms with Crippen LogP contribution in [0.15, 0.2) is 0 Å². The van der Waals surface area contributed by atoms with E-state index in [4.69, 9.17) is 0 Å². The highest BCUT2D eigenvalue weighted by molar-refractivity contribution is 5.85. The molecule has 1 aliphatic rings. The van der Waals surface area contributed by atoms with Crippen LogP contribution in [-0.4, -0.2) is 36.8 Å². The molecule has 0 atom stereocenters. The lowest BCUT2D eigenvalue weighted by molar-refractivity contribution is -0.144. The summed E-state index contributed by atoms with van der Waals surface area (Å²) in [6.45, 7) is 2.15. The number of rotatable bonds is 2. The molecule has 1 aliphatic heterocycles. The van der Waals surface area contributed by atoms with Crippen molar-refractivity contribution in [2.45, 2.75) is 6.92 Å². The van der Waals surface area contributed by atoms with Gasteiger partial charge < -0.3 is 9.47 Å². The maximum absolute atomic E-state index is 10.7. The van der Waals surface area contributed by atoms with E-state index in [1.54, 1.807) is 0 Å². The van der Waals surface area contributed by atoms with Crippen molar-refractivity contribution in [3.05, 3.63) is 0 Å². The highest BCUT2D eigenvalue weighted by Gasteiger charge is 2.21. The summed E-state index contributed by atoms with van der Waals surface area (Å²) in [6, 6.07) is 0. The van der Waals surface area contributed by atoms with Crippen molar-refractivity contribution < 1.29 is 19.1 Å². The summed E-state index contributed by atoms with van der Waals surface area (Å²) in [6.07, 6.45) is -0.425. The van der Waals surface area contributed by atoms with Gasteiger partial charge in [0.1, 0.15) is 6.61 Å². The van der Waals surface area contributed by atoms with E-state index in [1.165, 1.54) is 11.8 Å². The van der Waals surface area contributed by atoms with Gasteiger partial charge in [0.25, 0.3) is 0 Å². The second-order valence-electron chi connectivity index (χ2n) is 2.14. The summed E-state index contributed by atoms with van der Waals surface area (Å²) in [5.74, 6) is -0.398. The molecule has 0 aromatic rings. The van der Waals surface area contributed by atoms with Crippen LogP contribution in [0.2, 0.25) is 0 Å². The molecule has 12 heavy (non-hydrogen) atoms. The number of halogens is 1. The van der Waals surface area contributed by atoms with Crippen LogP contribution in [0, 0.1) is 0 Å². The van der Waals surface area contributed by atoms with E-state index in [-0.39, 0.29) is 19.1 Å². The van der Waals surface area contributed by atoms with Crippen molar-refractivity contribution >= 4 is 24.5 Å². The minimum Gasteiger partial charge on any atom is -0.447 e. The van der Waals surface area contributed by atoms with E-state index in [1.807, 2.05) is 0 Å². The molecular weight excluding hydrogens is 186 g/mol. The molecule has 0 aromatic carbocycles. The first kappa shape index (κ1) is 11.0. The van der Waals surface area contributed by atoms with Crippen molar-refractivity contribution in [1.29, 1.82) is 0 Å². The molecule has 1 saturated heterocycles. The topological polar surface area (TPSA) is 55.8 Å². The molecule has 0 saturated carbocycles. The molecule has 1 heterocycles. The SMILES string of the molecule is CC(=O)OCN1CCOC1=O.Cl. The number of ether oxygens (including phenoxy) is 2. The van der Waals surface area contributed by atoms with E-state index in [2.05, 4.69) is 9.47 Å². The van der Waals surface area contributed by atoms with E-state index in [0.717, 1.165) is 0 Å².